The molecule has 1 aliphatic heterocycles. The van der Waals surface area contributed by atoms with E-state index in [1.54, 1.807) is 0 Å². The van der Waals surface area contributed by atoms with Crippen molar-refractivity contribution < 1.29 is 4.74 Å². The Bertz CT molecular complexity index is 432. The monoisotopic (exact) mass is 275 g/mol. The number of ether oxygens (including phenoxy) is 1. The second-order valence-electron chi connectivity index (χ2n) is 7.28. The molecule has 0 saturated carbocycles. The quantitative estimate of drug-likeness (QED) is 0.873. The Morgan fingerprint density at radius 1 is 1.25 bits per heavy atom. The number of nitrogens with one attached hydrogen (secondary N) is 1. The lowest BCUT2D eigenvalue weighted by Gasteiger charge is -2.27. The van der Waals surface area contributed by atoms with Crippen molar-refractivity contribution in [2.75, 3.05) is 13.2 Å². The molecule has 1 heterocycles. The summed E-state index contributed by atoms with van der Waals surface area (Å²) in [5, 5.41) is 3.68. The van der Waals surface area contributed by atoms with Gasteiger partial charge in [0.05, 0.1) is 6.10 Å². The van der Waals surface area contributed by atoms with Crippen LogP contribution < -0.4 is 5.32 Å². The average molecular weight is 275 g/mol. The number of hydrogen-bond acceptors (Lipinski definition) is 2. The van der Waals surface area contributed by atoms with Gasteiger partial charge in [0.1, 0.15) is 0 Å². The highest BCUT2D eigenvalue weighted by Gasteiger charge is 2.27. The highest BCUT2D eigenvalue weighted by Crippen LogP contribution is 2.27. The van der Waals surface area contributed by atoms with Gasteiger partial charge in [0.25, 0.3) is 0 Å². The maximum atomic E-state index is 6.05. The summed E-state index contributed by atoms with van der Waals surface area (Å²) in [5.41, 5.74) is 3.09. The third-order valence-electron chi connectivity index (χ3n) is 4.62. The van der Waals surface area contributed by atoms with Crippen LogP contribution in [0, 0.1) is 0 Å². The van der Waals surface area contributed by atoms with Crippen LogP contribution in [0.1, 0.15) is 64.7 Å². The Morgan fingerprint density at radius 2 is 1.90 bits per heavy atom. The van der Waals surface area contributed by atoms with Crippen molar-refractivity contribution >= 4 is 0 Å². The van der Waals surface area contributed by atoms with Crippen LogP contribution in [0.15, 0.2) is 24.3 Å². The molecule has 1 aromatic rings. The summed E-state index contributed by atoms with van der Waals surface area (Å²) in [6.45, 7) is 13.0. The van der Waals surface area contributed by atoms with Crippen molar-refractivity contribution in [1.82, 2.24) is 5.32 Å². The van der Waals surface area contributed by atoms with Gasteiger partial charge < -0.3 is 10.1 Å². The molecule has 0 aromatic heterocycles. The van der Waals surface area contributed by atoms with Crippen LogP contribution in [-0.2, 0) is 10.2 Å². The lowest BCUT2D eigenvalue weighted by Crippen LogP contribution is -2.42. The Kier molecular flexibility index (Phi) is 4.55. The van der Waals surface area contributed by atoms with Gasteiger partial charge in [-0.2, -0.15) is 0 Å². The van der Waals surface area contributed by atoms with E-state index in [2.05, 4.69) is 64.2 Å². The molecule has 2 heteroatoms. The normalized spacial score (nSPS) is 28.1. The highest BCUT2D eigenvalue weighted by molar-refractivity contribution is 5.29. The molecular weight excluding hydrogens is 246 g/mol. The fourth-order valence-electron chi connectivity index (χ4n) is 2.63. The van der Waals surface area contributed by atoms with Gasteiger partial charge in [0.2, 0.25) is 0 Å². The fraction of sp³-hybridized carbons (Fsp3) is 0.667. The van der Waals surface area contributed by atoms with E-state index in [-0.39, 0.29) is 17.1 Å². The van der Waals surface area contributed by atoms with Crippen LogP contribution >= 0.6 is 0 Å². The molecule has 1 fully saturated rings. The van der Waals surface area contributed by atoms with Crippen LogP contribution in [0.2, 0.25) is 0 Å². The lowest BCUT2D eigenvalue weighted by atomic mass is 9.86. The topological polar surface area (TPSA) is 21.3 Å². The third kappa shape index (κ3) is 3.62. The smallest absolute Gasteiger partial charge is 0.0949 e. The molecule has 2 nitrogen and oxygen atoms in total. The van der Waals surface area contributed by atoms with E-state index in [4.69, 9.17) is 4.74 Å². The van der Waals surface area contributed by atoms with Crippen LogP contribution in [-0.4, -0.2) is 18.7 Å². The van der Waals surface area contributed by atoms with Gasteiger partial charge in [-0.3, -0.25) is 0 Å². The zero-order valence-electron chi connectivity index (χ0n) is 13.6. The first-order chi connectivity index (χ1) is 9.34. The molecule has 112 valence electrons. The second-order valence-corrected chi connectivity index (χ2v) is 7.28. The first-order valence-electron chi connectivity index (χ1n) is 7.81. The maximum Gasteiger partial charge on any atom is 0.0949 e. The van der Waals surface area contributed by atoms with Crippen LogP contribution in [0.5, 0.6) is 0 Å². The predicted molar refractivity (Wildman–Crippen MR) is 85.2 cm³/mol. The van der Waals surface area contributed by atoms with E-state index >= 15 is 0 Å². The van der Waals surface area contributed by atoms with E-state index in [0.717, 1.165) is 26.0 Å². The predicted octanol–water partition coefficient (Wildman–Crippen LogP) is 4.20. The number of hydrogen-bond donors (Lipinski definition) is 1. The Morgan fingerprint density at radius 3 is 2.45 bits per heavy atom. The second kappa shape index (κ2) is 5.87. The van der Waals surface area contributed by atoms with Gasteiger partial charge in [-0.1, -0.05) is 52.0 Å². The van der Waals surface area contributed by atoms with Crippen molar-refractivity contribution in [2.45, 2.75) is 64.5 Å². The largest absolute Gasteiger partial charge is 0.372 e. The van der Waals surface area contributed by atoms with Gasteiger partial charge >= 0.3 is 0 Å². The maximum absolute atomic E-state index is 6.05. The van der Waals surface area contributed by atoms with E-state index in [0.29, 0.717) is 0 Å². The number of benzene rings is 1. The third-order valence-corrected chi connectivity index (χ3v) is 4.62. The van der Waals surface area contributed by atoms with Crippen molar-refractivity contribution in [3.05, 3.63) is 35.4 Å². The van der Waals surface area contributed by atoms with Crippen molar-refractivity contribution in [1.29, 1.82) is 0 Å². The van der Waals surface area contributed by atoms with Crippen LogP contribution in [0.4, 0.5) is 0 Å². The van der Waals surface area contributed by atoms with Gasteiger partial charge in [0, 0.05) is 18.7 Å². The molecule has 20 heavy (non-hydrogen) atoms. The molecule has 0 aliphatic carbocycles. The summed E-state index contributed by atoms with van der Waals surface area (Å²) in [4.78, 5) is 0. The zero-order valence-corrected chi connectivity index (χ0v) is 13.6. The minimum absolute atomic E-state index is 0.178. The van der Waals surface area contributed by atoms with E-state index in [9.17, 15) is 0 Å². The molecule has 2 rings (SSSR count). The Labute approximate surface area is 123 Å². The lowest BCUT2D eigenvalue weighted by molar-refractivity contribution is 0.0653. The fourth-order valence-corrected chi connectivity index (χ4v) is 2.63. The van der Waals surface area contributed by atoms with Crippen molar-refractivity contribution in [2.24, 2.45) is 0 Å². The number of rotatable bonds is 2. The van der Waals surface area contributed by atoms with E-state index < -0.39 is 0 Å². The van der Waals surface area contributed by atoms with Gasteiger partial charge in [-0.25, -0.2) is 0 Å². The van der Waals surface area contributed by atoms with Gasteiger partial charge in [-0.05, 0) is 36.3 Å². The summed E-state index contributed by atoms with van der Waals surface area (Å²) in [7, 11) is 0. The molecule has 1 saturated heterocycles. The molecule has 0 bridgehead atoms. The Balaban J connectivity index is 2.09. The van der Waals surface area contributed by atoms with Crippen LogP contribution in [0.3, 0.4) is 0 Å². The molecule has 2 atom stereocenters. The first kappa shape index (κ1) is 15.5. The minimum atomic E-state index is 0.178. The highest BCUT2D eigenvalue weighted by atomic mass is 16.5. The molecule has 1 aromatic carbocycles. The molecule has 2 unspecified atom stereocenters. The summed E-state index contributed by atoms with van der Waals surface area (Å²) in [6.07, 6.45) is 2.41. The molecule has 1 N–H and O–H groups in total. The van der Waals surface area contributed by atoms with E-state index in [1.165, 1.54) is 11.1 Å². The SMILES string of the molecule is CCC1(C)CCOC(c2ccc(C(C)(C)C)cc2)CN1. The molecule has 0 spiro atoms. The zero-order chi connectivity index (χ0) is 14.8. The molecule has 0 radical (unpaired) electrons. The summed E-state index contributed by atoms with van der Waals surface area (Å²) >= 11 is 0. The first-order valence-corrected chi connectivity index (χ1v) is 7.81. The Hall–Kier alpha value is -0.860. The molecular formula is C18H29NO. The van der Waals surface area contributed by atoms with Crippen molar-refractivity contribution in [3.8, 4) is 0 Å². The summed E-state index contributed by atoms with van der Waals surface area (Å²) in [5.74, 6) is 0. The standard InChI is InChI=1S/C18H29NO/c1-6-18(5)11-12-20-16(13-19-18)14-7-9-15(10-8-14)17(2,3)4/h7-10,16,19H,6,11-13H2,1-5H3. The van der Waals surface area contributed by atoms with Gasteiger partial charge in [-0.15, -0.1) is 0 Å². The van der Waals surface area contributed by atoms with Crippen molar-refractivity contribution in [3.63, 3.8) is 0 Å². The summed E-state index contributed by atoms with van der Waals surface area (Å²) < 4.78 is 6.05. The van der Waals surface area contributed by atoms with Crippen LogP contribution in [0.25, 0.3) is 0 Å². The average Bonchev–Trinajstić information content (AvgIpc) is 2.61. The minimum Gasteiger partial charge on any atom is -0.372 e. The van der Waals surface area contributed by atoms with E-state index in [1.807, 2.05) is 0 Å². The molecule has 0 amide bonds. The van der Waals surface area contributed by atoms with Gasteiger partial charge in [0.15, 0.2) is 0 Å². The molecule has 1 aliphatic rings. The summed E-state index contributed by atoms with van der Waals surface area (Å²) in [6, 6.07) is 8.92.